The van der Waals surface area contributed by atoms with E-state index in [4.69, 9.17) is 0 Å². The third kappa shape index (κ3) is 11.8. The van der Waals surface area contributed by atoms with Gasteiger partial charge in [0, 0.05) is 42.9 Å². The minimum atomic E-state index is -3.78. The van der Waals surface area contributed by atoms with Gasteiger partial charge in [-0.25, -0.2) is 13.4 Å². The van der Waals surface area contributed by atoms with Crippen LogP contribution in [0.4, 0.5) is 0 Å². The molecule has 0 spiro atoms. The lowest BCUT2D eigenvalue weighted by Crippen LogP contribution is -2.53. The molecule has 2 unspecified atom stereocenters. The lowest BCUT2D eigenvalue weighted by molar-refractivity contribution is 0.0634. The lowest BCUT2D eigenvalue weighted by atomic mass is 9.99. The first-order valence-corrected chi connectivity index (χ1v) is 17.6. The molecule has 0 saturated heterocycles. The van der Waals surface area contributed by atoms with Crippen molar-refractivity contribution < 1.29 is 28.2 Å². The van der Waals surface area contributed by atoms with Gasteiger partial charge >= 0.3 is 0 Å². The summed E-state index contributed by atoms with van der Waals surface area (Å²) in [6.07, 6.45) is 0.558. The summed E-state index contributed by atoms with van der Waals surface area (Å²) in [5, 5.41) is 25.5. The number of sulfonamides is 1. The molecule has 2 atom stereocenters. The summed E-state index contributed by atoms with van der Waals surface area (Å²) < 4.78 is 25.9. The summed E-state index contributed by atoms with van der Waals surface area (Å²) in [6, 6.07) is 19.1. The first-order valence-electron chi connectivity index (χ1n) is 15.9. The van der Waals surface area contributed by atoms with Crippen molar-refractivity contribution in [2.75, 3.05) is 26.2 Å². The smallest absolute Gasteiger partial charge is 0.253 e. The average molecular weight is 663 g/mol. The summed E-state index contributed by atoms with van der Waals surface area (Å²) in [7, 11) is -3.78. The van der Waals surface area contributed by atoms with Crippen molar-refractivity contribution in [2.24, 2.45) is 0 Å². The van der Waals surface area contributed by atoms with Crippen molar-refractivity contribution in [3.63, 3.8) is 0 Å². The Morgan fingerprint density at radius 3 is 2.13 bits per heavy atom. The molecule has 3 aromatic carbocycles. The van der Waals surface area contributed by atoms with Gasteiger partial charge in [0.25, 0.3) is 11.8 Å². The number of hydrazine groups is 1. The Kier molecular flexibility index (Phi) is 14.4. The lowest BCUT2D eigenvalue weighted by Gasteiger charge is -2.30. The van der Waals surface area contributed by atoms with E-state index in [2.05, 4.69) is 22.0 Å². The van der Waals surface area contributed by atoms with Crippen LogP contribution >= 0.6 is 0 Å². The number of rotatable bonds is 17. The molecule has 3 rings (SSSR count). The van der Waals surface area contributed by atoms with Gasteiger partial charge < -0.3 is 20.4 Å². The Hall–Kier alpha value is -4.21. The van der Waals surface area contributed by atoms with Gasteiger partial charge in [-0.1, -0.05) is 69.2 Å². The quantitative estimate of drug-likeness (QED) is 0.126. The SMILES string of the molecule is CC#Cc1cc(C(=O)NC(Cc2ccc(O)cc2)C(O)CN(CC)NS(=O)(=O)Cc2ccccc2)cc(C(=O)N(CCC)CCC)c1. The zero-order valence-electron chi connectivity index (χ0n) is 27.6. The van der Waals surface area contributed by atoms with Crippen molar-refractivity contribution >= 4 is 21.8 Å². The van der Waals surface area contributed by atoms with E-state index in [1.165, 1.54) is 23.2 Å². The van der Waals surface area contributed by atoms with Crippen LogP contribution in [0.2, 0.25) is 0 Å². The number of hydrogen-bond donors (Lipinski definition) is 4. The molecule has 252 valence electrons. The maximum Gasteiger partial charge on any atom is 0.253 e. The number of amides is 2. The molecule has 0 bridgehead atoms. The van der Waals surface area contributed by atoms with Gasteiger partial charge in [0.15, 0.2) is 0 Å². The number of likely N-dealkylation sites (N-methyl/N-ethyl adjacent to an activating group) is 1. The fourth-order valence-corrected chi connectivity index (χ4v) is 6.46. The number of benzene rings is 3. The maximum atomic E-state index is 13.8. The standard InChI is InChI=1S/C36H46N4O6S/c1-5-12-29-21-30(24-31(22-29)36(44)39(19-6-2)20-7-3)35(43)37-33(23-27-15-17-32(41)18-16-27)34(42)25-40(8-4)38-47(45,46)26-28-13-10-9-11-14-28/h9-11,13-18,21-22,24,33-34,38,41-42H,6-8,19-20,23,25-26H2,1-4H3,(H,37,43). The fourth-order valence-electron chi connectivity index (χ4n) is 5.16. The maximum absolute atomic E-state index is 13.8. The molecule has 2 amide bonds. The van der Waals surface area contributed by atoms with Crippen LogP contribution in [0, 0.1) is 11.8 Å². The Morgan fingerprint density at radius 1 is 0.894 bits per heavy atom. The minimum Gasteiger partial charge on any atom is -0.508 e. The molecule has 11 heteroatoms. The number of nitrogens with zero attached hydrogens (tertiary/aromatic N) is 2. The number of aliphatic hydroxyl groups excluding tert-OH is 1. The number of aliphatic hydroxyl groups is 1. The Labute approximate surface area is 278 Å². The van der Waals surface area contributed by atoms with Crippen LogP contribution < -0.4 is 10.1 Å². The first kappa shape index (κ1) is 37.2. The molecule has 0 radical (unpaired) electrons. The number of aromatic hydroxyl groups is 1. The van der Waals surface area contributed by atoms with Gasteiger partial charge in [-0.2, -0.15) is 0 Å². The molecule has 0 aliphatic heterocycles. The predicted octanol–water partition coefficient (Wildman–Crippen LogP) is 4.08. The van der Waals surface area contributed by atoms with Crippen LogP contribution in [-0.2, 0) is 22.2 Å². The highest BCUT2D eigenvalue weighted by molar-refractivity contribution is 7.88. The first-order chi connectivity index (χ1) is 22.5. The van der Waals surface area contributed by atoms with Crippen LogP contribution in [0.3, 0.4) is 0 Å². The Bertz CT molecular complexity index is 1630. The molecule has 0 fully saturated rings. The minimum absolute atomic E-state index is 0.0751. The van der Waals surface area contributed by atoms with Crippen molar-refractivity contribution in [1.82, 2.24) is 20.1 Å². The third-order valence-corrected chi connectivity index (χ3v) is 8.67. The van der Waals surface area contributed by atoms with E-state index in [1.807, 2.05) is 13.8 Å². The number of phenols is 1. The normalized spacial score (nSPS) is 12.6. The summed E-state index contributed by atoms with van der Waals surface area (Å²) in [5.41, 5.74) is 2.42. The molecule has 0 saturated carbocycles. The van der Waals surface area contributed by atoms with E-state index >= 15 is 0 Å². The van der Waals surface area contributed by atoms with E-state index in [9.17, 15) is 28.2 Å². The molecule has 4 N–H and O–H groups in total. The Morgan fingerprint density at radius 2 is 1.53 bits per heavy atom. The van der Waals surface area contributed by atoms with Gasteiger partial charge in [-0.15, -0.1) is 10.8 Å². The van der Waals surface area contributed by atoms with Crippen LogP contribution in [0.1, 0.15) is 77.9 Å². The predicted molar refractivity (Wildman–Crippen MR) is 184 cm³/mol. The molecule has 0 aliphatic carbocycles. The van der Waals surface area contributed by atoms with Crippen LogP contribution in [-0.4, -0.2) is 78.7 Å². The summed E-state index contributed by atoms with van der Waals surface area (Å²) in [5.74, 6) is 4.90. The van der Waals surface area contributed by atoms with Gasteiger partial charge in [0.05, 0.1) is 17.9 Å². The fraction of sp³-hybridized carbons (Fsp3) is 0.389. The van der Waals surface area contributed by atoms with E-state index < -0.39 is 28.1 Å². The second kappa shape index (κ2) is 18.2. The zero-order chi connectivity index (χ0) is 34.4. The van der Waals surface area contributed by atoms with Crippen molar-refractivity contribution in [3.8, 4) is 17.6 Å². The largest absolute Gasteiger partial charge is 0.508 e. The second-order valence-corrected chi connectivity index (χ2v) is 13.1. The van der Waals surface area contributed by atoms with Gasteiger partial charge in [-0.05, 0) is 67.6 Å². The summed E-state index contributed by atoms with van der Waals surface area (Å²) in [6.45, 7) is 8.73. The highest BCUT2D eigenvalue weighted by atomic mass is 32.2. The molecule has 0 aliphatic rings. The van der Waals surface area contributed by atoms with Gasteiger partial charge in [0.1, 0.15) is 5.75 Å². The summed E-state index contributed by atoms with van der Waals surface area (Å²) in [4.78, 5) is 31.6. The van der Waals surface area contributed by atoms with E-state index in [1.54, 1.807) is 73.3 Å². The van der Waals surface area contributed by atoms with E-state index in [-0.39, 0.29) is 42.5 Å². The molecular formula is C36H46N4O6S. The molecule has 3 aromatic rings. The third-order valence-electron chi connectivity index (χ3n) is 7.42. The highest BCUT2D eigenvalue weighted by Gasteiger charge is 2.27. The summed E-state index contributed by atoms with van der Waals surface area (Å²) >= 11 is 0. The molecular weight excluding hydrogens is 616 g/mol. The van der Waals surface area contributed by atoms with Crippen molar-refractivity contribution in [2.45, 2.75) is 64.9 Å². The van der Waals surface area contributed by atoms with Crippen LogP contribution in [0.5, 0.6) is 5.75 Å². The van der Waals surface area contributed by atoms with Crippen molar-refractivity contribution in [3.05, 3.63) is 101 Å². The monoisotopic (exact) mass is 662 g/mol. The molecule has 0 aromatic heterocycles. The zero-order valence-corrected chi connectivity index (χ0v) is 28.4. The highest BCUT2D eigenvalue weighted by Crippen LogP contribution is 2.17. The Balaban J connectivity index is 1.88. The number of nitrogens with one attached hydrogen (secondary N) is 2. The van der Waals surface area contributed by atoms with E-state index in [0.29, 0.717) is 29.8 Å². The second-order valence-electron chi connectivity index (χ2n) is 11.4. The van der Waals surface area contributed by atoms with Crippen molar-refractivity contribution in [1.29, 1.82) is 0 Å². The number of carbonyl (C=O) groups is 2. The molecule has 10 nitrogen and oxygen atoms in total. The number of hydrogen-bond acceptors (Lipinski definition) is 7. The van der Waals surface area contributed by atoms with Crippen LogP contribution in [0.15, 0.2) is 72.8 Å². The van der Waals surface area contributed by atoms with Crippen LogP contribution in [0.25, 0.3) is 0 Å². The van der Waals surface area contributed by atoms with Gasteiger partial charge in [0.2, 0.25) is 10.0 Å². The molecule has 0 heterocycles. The number of phenolic OH excluding ortho intramolecular Hbond substituents is 1. The average Bonchev–Trinajstić information content (AvgIpc) is 3.04. The molecule has 47 heavy (non-hydrogen) atoms. The van der Waals surface area contributed by atoms with Gasteiger partial charge in [-0.3, -0.25) is 9.59 Å². The van der Waals surface area contributed by atoms with E-state index in [0.717, 1.165) is 18.4 Å². The topological polar surface area (TPSA) is 139 Å². The number of carbonyl (C=O) groups excluding carboxylic acids is 2.